The van der Waals surface area contributed by atoms with Gasteiger partial charge in [-0.25, -0.2) is 4.79 Å². The fraction of sp³-hybridized carbons (Fsp3) is 0.846. The van der Waals surface area contributed by atoms with Crippen LogP contribution in [0.15, 0.2) is 0 Å². The maximum Gasteiger partial charge on any atom is 0.465 e. The van der Waals surface area contributed by atoms with E-state index < -0.39 is 48.5 Å². The second-order valence-electron chi connectivity index (χ2n) is 5.78. The molecule has 0 aromatic heterocycles. The van der Waals surface area contributed by atoms with E-state index in [1.165, 1.54) is 0 Å². The Balaban J connectivity index is 3.35. The lowest BCUT2D eigenvalue weighted by atomic mass is 9.90. The predicted octanol–water partition coefficient (Wildman–Crippen LogP) is 3.12. The second-order valence-corrected chi connectivity index (χ2v) is 5.78. The third-order valence-corrected chi connectivity index (χ3v) is 3.48. The van der Waals surface area contributed by atoms with Crippen molar-refractivity contribution in [1.29, 1.82) is 0 Å². The van der Waals surface area contributed by atoms with Gasteiger partial charge in [-0.15, -0.1) is 0 Å². The molecule has 0 radical (unpaired) electrons. The van der Waals surface area contributed by atoms with Crippen LogP contribution in [-0.4, -0.2) is 42.8 Å². The maximum absolute atomic E-state index is 13.0. The first-order chi connectivity index (χ1) is 10.7. The van der Waals surface area contributed by atoms with Crippen molar-refractivity contribution in [2.75, 3.05) is 7.11 Å². The van der Waals surface area contributed by atoms with Gasteiger partial charge >= 0.3 is 30.1 Å². The van der Waals surface area contributed by atoms with Crippen molar-refractivity contribution in [3.8, 4) is 0 Å². The Morgan fingerprint density at radius 2 is 1.67 bits per heavy atom. The van der Waals surface area contributed by atoms with E-state index in [1.807, 2.05) is 0 Å². The van der Waals surface area contributed by atoms with E-state index in [4.69, 9.17) is 0 Å². The van der Waals surface area contributed by atoms with E-state index in [-0.39, 0.29) is 12.3 Å². The number of methoxy groups -OCH3 is 1. The Hall–Kier alpha value is -1.52. The summed E-state index contributed by atoms with van der Waals surface area (Å²) in [4.78, 5) is 23.3. The molecule has 1 atom stereocenters. The first-order valence-electron chi connectivity index (χ1n) is 6.84. The number of hydrogen-bond acceptors (Lipinski definition) is 5. The Bertz CT molecular complexity index is 484. The summed E-state index contributed by atoms with van der Waals surface area (Å²) in [5.74, 6) is -8.39. The van der Waals surface area contributed by atoms with Crippen molar-refractivity contribution in [2.45, 2.75) is 56.9 Å². The monoisotopic (exact) mass is 366 g/mol. The van der Waals surface area contributed by atoms with Crippen LogP contribution in [0.4, 0.5) is 26.3 Å². The smallest absolute Gasteiger partial charge is 0.465 e. The van der Waals surface area contributed by atoms with Crippen LogP contribution in [0, 0.1) is 5.92 Å². The minimum absolute atomic E-state index is 0.0257. The number of carbonyl (C=O) groups is 2. The normalized spacial score (nSPS) is 24.2. The molecule has 24 heavy (non-hydrogen) atoms. The molecule has 1 saturated heterocycles. The van der Waals surface area contributed by atoms with Gasteiger partial charge in [-0.3, -0.25) is 4.79 Å². The number of rotatable bonds is 5. The Kier molecular flexibility index (Phi) is 5.48. The van der Waals surface area contributed by atoms with Crippen molar-refractivity contribution >= 4 is 11.9 Å². The topological polar surface area (TPSA) is 61.8 Å². The number of cyclic esters (lactones) is 1. The summed E-state index contributed by atoms with van der Waals surface area (Å²) in [7, 11) is 0.875. The molecule has 0 bridgehead atoms. The number of hydrogen-bond donors (Lipinski definition) is 0. The number of alkyl halides is 6. The predicted molar refractivity (Wildman–Crippen MR) is 65.5 cm³/mol. The standard InChI is InChI=1S/C13H16F6O5/c1-7(2)4-5-10(6-8(20)22-3)9(21)23-11(24-10,12(14,15)16)13(17,18)19/h7H,4-6H2,1-3H3. The van der Waals surface area contributed by atoms with Gasteiger partial charge < -0.3 is 14.2 Å². The quantitative estimate of drug-likeness (QED) is 0.553. The van der Waals surface area contributed by atoms with E-state index in [2.05, 4.69) is 14.2 Å². The zero-order chi connectivity index (χ0) is 19.0. The summed E-state index contributed by atoms with van der Waals surface area (Å²) in [5.41, 5.74) is -2.72. The third-order valence-electron chi connectivity index (χ3n) is 3.48. The summed E-state index contributed by atoms with van der Waals surface area (Å²) in [6.45, 7) is 3.26. The molecule has 0 N–H and O–H groups in total. The molecule has 1 rings (SSSR count). The van der Waals surface area contributed by atoms with Gasteiger partial charge in [0, 0.05) is 0 Å². The van der Waals surface area contributed by atoms with Crippen LogP contribution in [0.2, 0.25) is 0 Å². The van der Waals surface area contributed by atoms with Gasteiger partial charge in [0.15, 0.2) is 5.60 Å². The molecule has 11 heteroatoms. The van der Waals surface area contributed by atoms with Crippen LogP contribution in [0.1, 0.15) is 33.1 Å². The molecule has 1 fully saturated rings. The van der Waals surface area contributed by atoms with Crippen molar-refractivity contribution in [2.24, 2.45) is 5.92 Å². The average molecular weight is 366 g/mol. The Morgan fingerprint density at radius 1 is 1.17 bits per heavy atom. The van der Waals surface area contributed by atoms with Gasteiger partial charge in [0.05, 0.1) is 13.5 Å². The molecule has 1 heterocycles. The van der Waals surface area contributed by atoms with E-state index in [0.29, 0.717) is 0 Å². The largest absolute Gasteiger partial charge is 0.469 e. The zero-order valence-electron chi connectivity index (χ0n) is 13.0. The van der Waals surface area contributed by atoms with Crippen LogP contribution in [0.25, 0.3) is 0 Å². The highest BCUT2D eigenvalue weighted by atomic mass is 19.4. The van der Waals surface area contributed by atoms with E-state index in [9.17, 15) is 35.9 Å². The summed E-state index contributed by atoms with van der Waals surface area (Å²) >= 11 is 0. The second kappa shape index (κ2) is 6.41. The lowest BCUT2D eigenvalue weighted by Gasteiger charge is -2.32. The molecule has 1 unspecified atom stereocenters. The van der Waals surface area contributed by atoms with E-state index in [0.717, 1.165) is 7.11 Å². The molecule has 1 aliphatic rings. The van der Waals surface area contributed by atoms with Crippen molar-refractivity contribution in [3.63, 3.8) is 0 Å². The van der Waals surface area contributed by atoms with Gasteiger partial charge in [-0.05, 0) is 18.8 Å². The summed E-state index contributed by atoms with van der Waals surface area (Å²) in [6, 6.07) is 0. The number of halogens is 6. The Morgan fingerprint density at radius 3 is 2.00 bits per heavy atom. The lowest BCUT2D eigenvalue weighted by Crippen LogP contribution is -2.59. The third kappa shape index (κ3) is 3.60. The fourth-order valence-corrected chi connectivity index (χ4v) is 2.13. The van der Waals surface area contributed by atoms with Gasteiger partial charge in [0.1, 0.15) is 0 Å². The van der Waals surface area contributed by atoms with Gasteiger partial charge in [0.2, 0.25) is 0 Å². The maximum atomic E-state index is 13.0. The first-order valence-corrected chi connectivity index (χ1v) is 6.84. The zero-order valence-corrected chi connectivity index (χ0v) is 13.0. The molecule has 0 spiro atoms. The molecule has 0 aromatic rings. The summed E-state index contributed by atoms with van der Waals surface area (Å²) in [5, 5.41) is 0. The van der Waals surface area contributed by atoms with Gasteiger partial charge in [-0.1, -0.05) is 13.8 Å². The molecular formula is C13H16F6O5. The molecule has 140 valence electrons. The average Bonchev–Trinajstić information content (AvgIpc) is 2.70. The van der Waals surface area contributed by atoms with Crippen LogP contribution in [0.3, 0.4) is 0 Å². The van der Waals surface area contributed by atoms with Crippen molar-refractivity contribution < 1.29 is 50.1 Å². The van der Waals surface area contributed by atoms with Gasteiger partial charge in [-0.2, -0.15) is 26.3 Å². The molecule has 0 saturated carbocycles. The van der Waals surface area contributed by atoms with E-state index >= 15 is 0 Å². The minimum Gasteiger partial charge on any atom is -0.469 e. The number of carbonyl (C=O) groups excluding carboxylic acids is 2. The minimum atomic E-state index is -6.07. The SMILES string of the molecule is COC(=O)CC1(CCC(C)C)OC(C(F)(F)F)(C(F)(F)F)OC1=O. The highest BCUT2D eigenvalue weighted by molar-refractivity contribution is 5.87. The highest BCUT2D eigenvalue weighted by Gasteiger charge is 2.82. The number of ether oxygens (including phenoxy) is 3. The molecule has 0 aliphatic carbocycles. The van der Waals surface area contributed by atoms with Crippen LogP contribution >= 0.6 is 0 Å². The van der Waals surface area contributed by atoms with Crippen LogP contribution in [-0.2, 0) is 23.8 Å². The molecular weight excluding hydrogens is 350 g/mol. The van der Waals surface area contributed by atoms with Gasteiger partial charge in [0.25, 0.3) is 0 Å². The van der Waals surface area contributed by atoms with E-state index in [1.54, 1.807) is 13.8 Å². The van der Waals surface area contributed by atoms with Crippen molar-refractivity contribution in [1.82, 2.24) is 0 Å². The fourth-order valence-electron chi connectivity index (χ4n) is 2.13. The first kappa shape index (κ1) is 20.5. The van der Waals surface area contributed by atoms with Crippen LogP contribution < -0.4 is 0 Å². The summed E-state index contributed by atoms with van der Waals surface area (Å²) in [6.07, 6.45) is -13.8. The van der Waals surface area contributed by atoms with Crippen molar-refractivity contribution in [3.05, 3.63) is 0 Å². The lowest BCUT2D eigenvalue weighted by molar-refractivity contribution is -0.445. The highest BCUT2D eigenvalue weighted by Crippen LogP contribution is 2.54. The number of esters is 2. The van der Waals surface area contributed by atoms with Crippen LogP contribution in [0.5, 0.6) is 0 Å². The molecule has 1 aliphatic heterocycles. The molecule has 0 aromatic carbocycles. The summed E-state index contributed by atoms with van der Waals surface area (Å²) < 4.78 is 90.1. The molecule has 5 nitrogen and oxygen atoms in total. The Labute approximate surface area is 133 Å². The molecule has 0 amide bonds.